The van der Waals surface area contributed by atoms with Gasteiger partial charge in [-0.25, -0.2) is 9.59 Å². The van der Waals surface area contributed by atoms with Crippen molar-refractivity contribution in [3.05, 3.63) is 23.8 Å². The second-order valence-corrected chi connectivity index (χ2v) is 4.02. The second kappa shape index (κ2) is 7.25. The summed E-state index contributed by atoms with van der Waals surface area (Å²) in [5.74, 6) is 0. The van der Waals surface area contributed by atoms with Crippen LogP contribution in [0.5, 0.6) is 0 Å². The average Bonchev–Trinajstić information content (AvgIpc) is 2.34. The van der Waals surface area contributed by atoms with Crippen molar-refractivity contribution < 1.29 is 19.4 Å². The zero-order valence-corrected chi connectivity index (χ0v) is 11.0. The van der Waals surface area contributed by atoms with Crippen LogP contribution in [-0.2, 0) is 4.74 Å². The second-order valence-electron chi connectivity index (χ2n) is 4.02. The highest BCUT2D eigenvalue weighted by Crippen LogP contribution is 2.23. The van der Waals surface area contributed by atoms with Crippen LogP contribution in [0.2, 0.25) is 0 Å². The molecule has 0 radical (unpaired) electrons. The molecule has 0 heterocycles. The van der Waals surface area contributed by atoms with E-state index in [0.29, 0.717) is 23.5 Å². The molecule has 0 aromatic heterocycles. The smallest absolute Gasteiger partial charge is 0.411 e. The highest BCUT2D eigenvalue weighted by molar-refractivity contribution is 5.90. The van der Waals surface area contributed by atoms with E-state index >= 15 is 0 Å². The lowest BCUT2D eigenvalue weighted by atomic mass is 10.1. The van der Waals surface area contributed by atoms with E-state index in [2.05, 4.69) is 10.6 Å². The SMILES string of the molecule is CCCCOC(=O)Nc1cccc(NC(=O)O)c1C. The van der Waals surface area contributed by atoms with Crippen LogP contribution in [0.3, 0.4) is 0 Å². The number of hydrogen-bond donors (Lipinski definition) is 3. The van der Waals surface area contributed by atoms with E-state index in [9.17, 15) is 9.59 Å². The number of rotatable bonds is 5. The van der Waals surface area contributed by atoms with Gasteiger partial charge in [0.2, 0.25) is 0 Å². The molecule has 0 unspecified atom stereocenters. The predicted octanol–water partition coefficient (Wildman–Crippen LogP) is 3.43. The molecule has 0 spiro atoms. The highest BCUT2D eigenvalue weighted by Gasteiger charge is 2.09. The van der Waals surface area contributed by atoms with Crippen molar-refractivity contribution in [2.75, 3.05) is 17.2 Å². The van der Waals surface area contributed by atoms with Gasteiger partial charge in [-0.05, 0) is 31.0 Å². The zero-order chi connectivity index (χ0) is 14.3. The van der Waals surface area contributed by atoms with Crippen LogP contribution in [0.15, 0.2) is 18.2 Å². The lowest BCUT2D eigenvalue weighted by molar-refractivity contribution is 0.160. The fourth-order valence-corrected chi connectivity index (χ4v) is 1.48. The standard InChI is InChI=1S/C13H18N2O4/c1-3-4-8-19-13(18)15-11-7-5-6-10(9(11)2)14-12(16)17/h5-7,14H,3-4,8H2,1-2H3,(H,15,18)(H,16,17). The van der Waals surface area contributed by atoms with Crippen molar-refractivity contribution in [2.45, 2.75) is 26.7 Å². The molecule has 0 fully saturated rings. The molecule has 0 saturated heterocycles. The molecule has 0 aliphatic heterocycles. The number of hydrogen-bond acceptors (Lipinski definition) is 3. The van der Waals surface area contributed by atoms with Gasteiger partial charge in [0.1, 0.15) is 0 Å². The van der Waals surface area contributed by atoms with E-state index in [0.717, 1.165) is 12.8 Å². The van der Waals surface area contributed by atoms with Gasteiger partial charge in [0, 0.05) is 11.4 Å². The summed E-state index contributed by atoms with van der Waals surface area (Å²) in [4.78, 5) is 22.1. The lowest BCUT2D eigenvalue weighted by Gasteiger charge is -2.12. The number of benzene rings is 1. The van der Waals surface area contributed by atoms with Crippen LogP contribution in [0.1, 0.15) is 25.3 Å². The van der Waals surface area contributed by atoms with E-state index in [1.807, 2.05) is 6.92 Å². The van der Waals surface area contributed by atoms with Gasteiger partial charge >= 0.3 is 12.2 Å². The molecule has 1 aromatic rings. The third kappa shape index (κ3) is 4.87. The molecule has 0 aliphatic rings. The Labute approximate surface area is 111 Å². The van der Waals surface area contributed by atoms with Crippen LogP contribution in [0.25, 0.3) is 0 Å². The van der Waals surface area contributed by atoms with Crippen molar-refractivity contribution in [2.24, 2.45) is 0 Å². The summed E-state index contributed by atoms with van der Waals surface area (Å²) in [6, 6.07) is 4.96. The maximum Gasteiger partial charge on any atom is 0.411 e. The third-order valence-corrected chi connectivity index (χ3v) is 2.54. The Balaban J connectivity index is 2.68. The Morgan fingerprint density at radius 1 is 1.26 bits per heavy atom. The predicted molar refractivity (Wildman–Crippen MR) is 72.7 cm³/mol. The number of carboxylic acid groups (broad SMARTS) is 1. The van der Waals surface area contributed by atoms with Gasteiger partial charge in [-0.3, -0.25) is 10.6 Å². The number of carbonyl (C=O) groups is 2. The van der Waals surface area contributed by atoms with Crippen LogP contribution >= 0.6 is 0 Å². The number of anilines is 2. The molecule has 1 aromatic carbocycles. The molecular weight excluding hydrogens is 248 g/mol. The molecule has 0 saturated carbocycles. The van der Waals surface area contributed by atoms with Gasteiger partial charge in [-0.2, -0.15) is 0 Å². The molecule has 6 heteroatoms. The largest absolute Gasteiger partial charge is 0.465 e. The average molecular weight is 266 g/mol. The summed E-state index contributed by atoms with van der Waals surface area (Å²) in [5.41, 5.74) is 1.59. The summed E-state index contributed by atoms with van der Waals surface area (Å²) >= 11 is 0. The first-order chi connectivity index (χ1) is 9.04. The van der Waals surface area contributed by atoms with Crippen LogP contribution < -0.4 is 10.6 Å². The summed E-state index contributed by atoms with van der Waals surface area (Å²) < 4.78 is 4.98. The first kappa shape index (κ1) is 14.8. The topological polar surface area (TPSA) is 87.7 Å². The first-order valence-corrected chi connectivity index (χ1v) is 6.08. The van der Waals surface area contributed by atoms with Crippen molar-refractivity contribution in [3.63, 3.8) is 0 Å². The molecule has 6 nitrogen and oxygen atoms in total. The molecule has 2 amide bonds. The van der Waals surface area contributed by atoms with Crippen LogP contribution in [0, 0.1) is 6.92 Å². The van der Waals surface area contributed by atoms with Gasteiger partial charge in [-0.15, -0.1) is 0 Å². The van der Waals surface area contributed by atoms with E-state index in [-0.39, 0.29) is 0 Å². The van der Waals surface area contributed by atoms with E-state index < -0.39 is 12.2 Å². The molecule has 104 valence electrons. The third-order valence-electron chi connectivity index (χ3n) is 2.54. The summed E-state index contributed by atoms with van der Waals surface area (Å²) in [7, 11) is 0. The Morgan fingerprint density at radius 3 is 2.47 bits per heavy atom. The quantitative estimate of drug-likeness (QED) is 0.712. The molecule has 3 N–H and O–H groups in total. The molecule has 19 heavy (non-hydrogen) atoms. The van der Waals surface area contributed by atoms with E-state index in [4.69, 9.17) is 9.84 Å². The van der Waals surface area contributed by atoms with Crippen molar-refractivity contribution >= 4 is 23.6 Å². The monoisotopic (exact) mass is 266 g/mol. The first-order valence-electron chi connectivity index (χ1n) is 6.08. The maximum atomic E-state index is 11.5. The van der Waals surface area contributed by atoms with Crippen LogP contribution in [0.4, 0.5) is 21.0 Å². The molecule has 0 aliphatic carbocycles. The van der Waals surface area contributed by atoms with Crippen molar-refractivity contribution in [3.8, 4) is 0 Å². The van der Waals surface area contributed by atoms with Crippen LogP contribution in [-0.4, -0.2) is 23.9 Å². The number of unbranched alkanes of at least 4 members (excludes halogenated alkanes) is 1. The van der Waals surface area contributed by atoms with Gasteiger partial charge < -0.3 is 9.84 Å². The van der Waals surface area contributed by atoms with E-state index in [1.165, 1.54) is 0 Å². The minimum Gasteiger partial charge on any atom is -0.465 e. The number of nitrogens with one attached hydrogen (secondary N) is 2. The Hall–Kier alpha value is -2.24. The number of carbonyl (C=O) groups excluding carboxylic acids is 1. The molecule has 1 rings (SSSR count). The Bertz CT molecular complexity index is 460. The minimum atomic E-state index is -1.15. The Kier molecular flexibility index (Phi) is 5.66. The van der Waals surface area contributed by atoms with Gasteiger partial charge in [0.05, 0.1) is 6.61 Å². The summed E-state index contributed by atoms with van der Waals surface area (Å²) in [5, 5.41) is 13.5. The molecule has 0 bridgehead atoms. The molecule has 0 atom stereocenters. The number of amides is 2. The lowest BCUT2D eigenvalue weighted by Crippen LogP contribution is -2.16. The normalized spacial score (nSPS) is 9.79. The van der Waals surface area contributed by atoms with E-state index in [1.54, 1.807) is 25.1 Å². The Morgan fingerprint density at radius 2 is 1.89 bits per heavy atom. The van der Waals surface area contributed by atoms with Gasteiger partial charge in [0.25, 0.3) is 0 Å². The highest BCUT2D eigenvalue weighted by atomic mass is 16.5. The maximum absolute atomic E-state index is 11.5. The van der Waals surface area contributed by atoms with Crippen molar-refractivity contribution in [1.82, 2.24) is 0 Å². The zero-order valence-electron chi connectivity index (χ0n) is 11.0. The molecular formula is C13H18N2O4. The minimum absolute atomic E-state index is 0.369. The van der Waals surface area contributed by atoms with Gasteiger partial charge in [0.15, 0.2) is 0 Å². The fourth-order valence-electron chi connectivity index (χ4n) is 1.48. The number of ether oxygens (including phenoxy) is 1. The fraction of sp³-hybridized carbons (Fsp3) is 0.385. The van der Waals surface area contributed by atoms with Crippen molar-refractivity contribution in [1.29, 1.82) is 0 Å². The summed E-state index contributed by atoms with van der Waals surface area (Å²) in [6.07, 6.45) is 0.0759. The summed E-state index contributed by atoms with van der Waals surface area (Å²) in [6.45, 7) is 4.09. The van der Waals surface area contributed by atoms with Gasteiger partial charge in [-0.1, -0.05) is 19.4 Å².